The third-order valence-electron chi connectivity index (χ3n) is 6.84. The number of hydrogen-bond acceptors (Lipinski definition) is 5. The van der Waals surface area contributed by atoms with Gasteiger partial charge in [0.2, 0.25) is 11.8 Å². The maximum atomic E-state index is 13.8. The van der Waals surface area contributed by atoms with Crippen molar-refractivity contribution in [3.05, 3.63) is 101 Å². The molecular formula is C30H32ClN3O5S. The molecule has 1 heterocycles. The van der Waals surface area contributed by atoms with Gasteiger partial charge in [-0.15, -0.1) is 0 Å². The van der Waals surface area contributed by atoms with Crippen LogP contribution < -0.4 is 5.32 Å². The highest BCUT2D eigenvalue weighted by Gasteiger charge is 2.41. The molecule has 0 spiro atoms. The Morgan fingerprint density at radius 1 is 0.975 bits per heavy atom. The molecular weight excluding hydrogens is 550 g/mol. The zero-order valence-electron chi connectivity index (χ0n) is 22.3. The molecule has 40 heavy (non-hydrogen) atoms. The van der Waals surface area contributed by atoms with Crippen molar-refractivity contribution >= 4 is 39.3 Å². The molecule has 0 saturated heterocycles. The van der Waals surface area contributed by atoms with Gasteiger partial charge in [-0.05, 0) is 35.7 Å². The molecule has 1 aliphatic heterocycles. The molecule has 3 amide bonds. The molecule has 1 N–H and O–H groups in total. The van der Waals surface area contributed by atoms with Crippen molar-refractivity contribution in [1.82, 2.24) is 14.5 Å². The molecule has 8 nitrogen and oxygen atoms in total. The molecule has 0 saturated carbocycles. The Kier molecular flexibility index (Phi) is 9.60. The van der Waals surface area contributed by atoms with E-state index in [1.807, 2.05) is 37.3 Å². The predicted molar refractivity (Wildman–Crippen MR) is 153 cm³/mol. The van der Waals surface area contributed by atoms with Crippen LogP contribution in [0.25, 0.3) is 0 Å². The van der Waals surface area contributed by atoms with Crippen LogP contribution in [0.2, 0.25) is 5.02 Å². The van der Waals surface area contributed by atoms with E-state index in [1.165, 1.54) is 17.0 Å². The maximum Gasteiger partial charge on any atom is 0.269 e. The van der Waals surface area contributed by atoms with Gasteiger partial charge in [0.05, 0.1) is 5.56 Å². The topological polar surface area (TPSA) is 104 Å². The summed E-state index contributed by atoms with van der Waals surface area (Å²) in [5.41, 5.74) is 1.59. The number of carbonyl (C=O) groups excluding carboxylic acids is 3. The number of benzene rings is 3. The van der Waals surface area contributed by atoms with Crippen LogP contribution in [0.5, 0.6) is 0 Å². The molecule has 3 aromatic rings. The summed E-state index contributed by atoms with van der Waals surface area (Å²) in [5.74, 6) is -1.44. The van der Waals surface area contributed by atoms with E-state index in [0.29, 0.717) is 17.1 Å². The van der Waals surface area contributed by atoms with E-state index in [9.17, 15) is 22.8 Å². The molecule has 10 heteroatoms. The number of fused-ring (bicyclic) bond motifs is 1. The molecule has 0 fully saturated rings. The summed E-state index contributed by atoms with van der Waals surface area (Å²) in [4.78, 5) is 41.6. The molecule has 3 aromatic carbocycles. The predicted octanol–water partition coefficient (Wildman–Crippen LogP) is 4.43. The van der Waals surface area contributed by atoms with Crippen molar-refractivity contribution in [3.63, 3.8) is 0 Å². The first-order valence-corrected chi connectivity index (χ1v) is 15.1. The fraction of sp³-hybridized carbons (Fsp3) is 0.300. The quantitative estimate of drug-likeness (QED) is 0.319. The van der Waals surface area contributed by atoms with Crippen LogP contribution in [0.1, 0.15) is 47.7 Å². The van der Waals surface area contributed by atoms with Gasteiger partial charge in [0.15, 0.2) is 0 Å². The summed E-state index contributed by atoms with van der Waals surface area (Å²) in [5, 5.41) is 3.39. The van der Waals surface area contributed by atoms with Gasteiger partial charge in [-0.25, -0.2) is 12.7 Å². The van der Waals surface area contributed by atoms with Crippen molar-refractivity contribution in [1.29, 1.82) is 0 Å². The van der Waals surface area contributed by atoms with Crippen LogP contribution >= 0.6 is 11.6 Å². The smallest absolute Gasteiger partial charge is 0.269 e. The second-order valence-electron chi connectivity index (χ2n) is 9.59. The number of nitrogens with one attached hydrogen (secondary N) is 1. The first-order chi connectivity index (χ1) is 19.2. The Balaban J connectivity index is 1.63. The van der Waals surface area contributed by atoms with Crippen molar-refractivity contribution < 1.29 is 22.8 Å². The lowest BCUT2D eigenvalue weighted by molar-refractivity contribution is -0.141. The number of nitrogens with zero attached hydrogens (tertiary/aromatic N) is 2. The fourth-order valence-electron chi connectivity index (χ4n) is 4.66. The highest BCUT2D eigenvalue weighted by molar-refractivity contribution is 7.90. The van der Waals surface area contributed by atoms with E-state index in [2.05, 4.69) is 5.32 Å². The van der Waals surface area contributed by atoms with Crippen LogP contribution in [-0.4, -0.2) is 54.5 Å². The summed E-state index contributed by atoms with van der Waals surface area (Å²) in [6, 6.07) is 21.5. The van der Waals surface area contributed by atoms with Gasteiger partial charge in [0, 0.05) is 37.5 Å². The largest absolute Gasteiger partial charge is 0.354 e. The van der Waals surface area contributed by atoms with Crippen LogP contribution in [0.15, 0.2) is 83.8 Å². The molecule has 0 bridgehead atoms. The molecule has 4 rings (SSSR count). The van der Waals surface area contributed by atoms with Crippen LogP contribution in [0.4, 0.5) is 0 Å². The SMILES string of the molecule is CCCCNC(=O)[C@H](Cc1ccccc1)N(Cc1ccccc1Cl)C(=O)CCN1C(=O)c2ccccc2S1(=O)=O. The van der Waals surface area contributed by atoms with Gasteiger partial charge >= 0.3 is 0 Å². The second-order valence-corrected chi connectivity index (χ2v) is 11.8. The van der Waals surface area contributed by atoms with Crippen LogP contribution in [0, 0.1) is 0 Å². The van der Waals surface area contributed by atoms with Crippen molar-refractivity contribution in [3.8, 4) is 0 Å². The summed E-state index contributed by atoms with van der Waals surface area (Å²) in [6.45, 7) is 2.18. The molecule has 0 radical (unpaired) electrons. The Bertz CT molecular complexity index is 1480. The highest BCUT2D eigenvalue weighted by Crippen LogP contribution is 2.30. The lowest BCUT2D eigenvalue weighted by atomic mass is 10.0. The Labute approximate surface area is 240 Å². The Morgan fingerprint density at radius 3 is 2.35 bits per heavy atom. The molecule has 210 valence electrons. The van der Waals surface area contributed by atoms with E-state index >= 15 is 0 Å². The second kappa shape index (κ2) is 13.1. The standard InChI is InChI=1S/C30H32ClN3O5S/c1-2-3-18-32-29(36)26(20-22-11-5-4-6-12-22)33(21-23-13-7-9-15-25(23)31)28(35)17-19-34-30(37)24-14-8-10-16-27(24)40(34,38)39/h4-16,26H,2-3,17-21H2,1H3,(H,32,36)/t26-/m0/s1. The third kappa shape index (κ3) is 6.54. The molecule has 1 atom stereocenters. The number of hydrogen-bond donors (Lipinski definition) is 1. The van der Waals surface area contributed by atoms with Gasteiger partial charge in [0.1, 0.15) is 10.9 Å². The molecule has 1 aliphatic rings. The fourth-order valence-corrected chi connectivity index (χ4v) is 6.43. The van der Waals surface area contributed by atoms with Gasteiger partial charge in [-0.3, -0.25) is 14.4 Å². The summed E-state index contributed by atoms with van der Waals surface area (Å²) < 4.78 is 26.8. The lowest BCUT2D eigenvalue weighted by Crippen LogP contribution is -2.51. The highest BCUT2D eigenvalue weighted by atomic mass is 35.5. The van der Waals surface area contributed by atoms with Gasteiger partial charge in [0.25, 0.3) is 15.9 Å². The number of carbonyl (C=O) groups is 3. The third-order valence-corrected chi connectivity index (χ3v) is 9.05. The minimum absolute atomic E-state index is 0.0398. The van der Waals surface area contributed by atoms with Gasteiger partial charge in [-0.1, -0.05) is 85.6 Å². The van der Waals surface area contributed by atoms with Crippen LogP contribution in [0.3, 0.4) is 0 Å². The van der Waals surface area contributed by atoms with E-state index < -0.39 is 27.9 Å². The monoisotopic (exact) mass is 581 g/mol. The van der Waals surface area contributed by atoms with Gasteiger partial charge < -0.3 is 10.2 Å². The number of amides is 3. The first kappa shape index (κ1) is 29.3. The van der Waals surface area contributed by atoms with Gasteiger partial charge in [-0.2, -0.15) is 0 Å². The molecule has 0 aromatic heterocycles. The van der Waals surface area contributed by atoms with E-state index in [0.717, 1.165) is 22.7 Å². The van der Waals surface area contributed by atoms with E-state index in [4.69, 9.17) is 11.6 Å². The maximum absolute atomic E-state index is 13.8. The zero-order valence-corrected chi connectivity index (χ0v) is 23.8. The Hall–Kier alpha value is -3.69. The first-order valence-electron chi connectivity index (χ1n) is 13.2. The minimum Gasteiger partial charge on any atom is -0.354 e. The lowest BCUT2D eigenvalue weighted by Gasteiger charge is -2.32. The summed E-state index contributed by atoms with van der Waals surface area (Å²) >= 11 is 6.44. The van der Waals surface area contributed by atoms with Crippen molar-refractivity contribution in [2.45, 2.75) is 50.1 Å². The number of halogens is 1. The van der Waals surface area contributed by atoms with E-state index in [-0.39, 0.29) is 42.3 Å². The zero-order chi connectivity index (χ0) is 28.7. The van der Waals surface area contributed by atoms with E-state index in [1.54, 1.807) is 36.4 Å². The average Bonchev–Trinajstić information content (AvgIpc) is 3.15. The molecule has 0 unspecified atom stereocenters. The number of unbranched alkanes of at least 4 members (excludes halogenated alkanes) is 1. The van der Waals surface area contributed by atoms with Crippen molar-refractivity contribution in [2.75, 3.05) is 13.1 Å². The Morgan fingerprint density at radius 2 is 1.65 bits per heavy atom. The van der Waals surface area contributed by atoms with Crippen LogP contribution in [-0.2, 0) is 32.6 Å². The molecule has 0 aliphatic carbocycles. The normalized spacial score (nSPS) is 14.4. The average molecular weight is 582 g/mol. The van der Waals surface area contributed by atoms with Crippen molar-refractivity contribution in [2.24, 2.45) is 0 Å². The number of rotatable bonds is 12. The summed E-state index contributed by atoms with van der Waals surface area (Å²) in [7, 11) is -4.07. The number of sulfonamides is 1. The summed E-state index contributed by atoms with van der Waals surface area (Å²) in [6.07, 6.45) is 1.64. The minimum atomic E-state index is -4.07.